The molecule has 5 heteroatoms. The zero-order valence-corrected chi connectivity index (χ0v) is 22.1. The van der Waals surface area contributed by atoms with Crippen molar-refractivity contribution in [2.75, 3.05) is 6.61 Å². The fourth-order valence-corrected chi connectivity index (χ4v) is 4.61. The van der Waals surface area contributed by atoms with Gasteiger partial charge in [0, 0.05) is 27.8 Å². The molecule has 0 N–H and O–H groups in total. The number of aromatic nitrogens is 4. The van der Waals surface area contributed by atoms with E-state index in [1.807, 2.05) is 54.6 Å². The molecule has 2 heterocycles. The molecule has 0 saturated heterocycles. The zero-order chi connectivity index (χ0) is 26.6. The van der Waals surface area contributed by atoms with Crippen molar-refractivity contribution >= 4 is 10.9 Å². The first kappa shape index (κ1) is 24.4. The molecule has 6 aromatic rings. The largest absolute Gasteiger partial charge is 0.494 e. The molecule has 0 aliphatic carbocycles. The smallest absolute Gasteiger partial charge is 0.169 e. The Morgan fingerprint density at radius 2 is 1.56 bits per heavy atom. The van der Waals surface area contributed by atoms with Gasteiger partial charge in [0.2, 0.25) is 0 Å². The van der Waals surface area contributed by atoms with Crippen LogP contribution in [-0.4, -0.2) is 26.4 Å². The lowest BCUT2D eigenvalue weighted by Crippen LogP contribution is -2.01. The van der Waals surface area contributed by atoms with Gasteiger partial charge in [-0.3, -0.25) is 4.57 Å². The molecule has 190 valence electrons. The van der Waals surface area contributed by atoms with E-state index in [4.69, 9.17) is 19.9 Å². The first-order chi connectivity index (χ1) is 19.2. The van der Waals surface area contributed by atoms with Gasteiger partial charge in [0.05, 0.1) is 12.3 Å². The average Bonchev–Trinajstić information content (AvgIpc) is 3.43. The standard InChI is InChI=1S/C34H28N4O/c1-3-4-22-39-28-20-18-26(19-21-28)33-36-37-34(38(33)27-10-6-5-7-11-27)30-23-32(25-16-14-24(2)15-17-25)35-31-13-9-8-12-29(30)31/h5-8,10-12,14-21,23H,3-4,22H2,1-2H3. The van der Waals surface area contributed by atoms with Crippen LogP contribution in [0.15, 0.2) is 97.1 Å². The van der Waals surface area contributed by atoms with E-state index in [1.54, 1.807) is 0 Å². The number of pyridine rings is 1. The maximum absolute atomic E-state index is 5.88. The fraction of sp³-hybridized carbons (Fsp3) is 0.147. The van der Waals surface area contributed by atoms with E-state index in [1.165, 1.54) is 5.56 Å². The van der Waals surface area contributed by atoms with Crippen molar-refractivity contribution in [2.45, 2.75) is 26.7 Å². The zero-order valence-electron chi connectivity index (χ0n) is 22.1. The summed E-state index contributed by atoms with van der Waals surface area (Å²) in [5.41, 5.74) is 6.69. The Labute approximate surface area is 228 Å². The second-order valence-corrected chi connectivity index (χ2v) is 9.53. The lowest BCUT2D eigenvalue weighted by Gasteiger charge is -2.13. The Kier molecular flexibility index (Phi) is 6.76. The van der Waals surface area contributed by atoms with E-state index in [0.29, 0.717) is 6.61 Å². The predicted molar refractivity (Wildman–Crippen MR) is 156 cm³/mol. The Morgan fingerprint density at radius 1 is 0.821 bits per heavy atom. The van der Waals surface area contributed by atoms with Gasteiger partial charge in [-0.25, -0.2) is 4.98 Å². The highest BCUT2D eigenvalue weighted by atomic mass is 16.5. The van der Waals surface area contributed by atoms with Crippen LogP contribution < -0.4 is 4.74 Å². The highest BCUT2D eigenvalue weighted by Crippen LogP contribution is 2.35. The summed E-state index contributed by atoms with van der Waals surface area (Å²) < 4.78 is 7.99. The molecular formula is C34H28N4O. The monoisotopic (exact) mass is 508 g/mol. The minimum Gasteiger partial charge on any atom is -0.494 e. The van der Waals surface area contributed by atoms with E-state index in [2.05, 4.69) is 73.0 Å². The number of unbranched alkanes of at least 4 members (excludes halogenated alkanes) is 1. The maximum Gasteiger partial charge on any atom is 0.169 e. The summed E-state index contributed by atoms with van der Waals surface area (Å²) in [7, 11) is 0. The van der Waals surface area contributed by atoms with Crippen molar-refractivity contribution in [3.05, 3.63) is 115 Å². The van der Waals surface area contributed by atoms with Crippen molar-refractivity contribution < 1.29 is 4.74 Å². The van der Waals surface area contributed by atoms with Crippen molar-refractivity contribution in [1.82, 2.24) is 19.7 Å². The highest BCUT2D eigenvalue weighted by Gasteiger charge is 2.20. The van der Waals surface area contributed by atoms with Crippen molar-refractivity contribution in [1.29, 1.82) is 0 Å². The molecule has 5 nitrogen and oxygen atoms in total. The third-order valence-electron chi connectivity index (χ3n) is 6.73. The molecule has 0 amide bonds. The van der Waals surface area contributed by atoms with E-state index in [0.717, 1.165) is 69.2 Å². The van der Waals surface area contributed by atoms with Gasteiger partial charge in [0.25, 0.3) is 0 Å². The fourth-order valence-electron chi connectivity index (χ4n) is 4.61. The number of para-hydroxylation sites is 1. The molecule has 0 aliphatic rings. The quantitative estimate of drug-likeness (QED) is 0.196. The van der Waals surface area contributed by atoms with Crippen LogP contribution in [0.3, 0.4) is 0 Å². The van der Waals surface area contributed by atoms with E-state index in [-0.39, 0.29) is 0 Å². The number of hydrogen-bond acceptors (Lipinski definition) is 4. The van der Waals surface area contributed by atoms with E-state index < -0.39 is 0 Å². The summed E-state index contributed by atoms with van der Waals surface area (Å²) >= 11 is 0. The number of nitrogens with zero attached hydrogens (tertiary/aromatic N) is 4. The summed E-state index contributed by atoms with van der Waals surface area (Å²) in [6.45, 7) is 4.96. The van der Waals surface area contributed by atoms with Gasteiger partial charge in [0.15, 0.2) is 11.6 Å². The van der Waals surface area contributed by atoms with Gasteiger partial charge in [0.1, 0.15) is 11.3 Å². The topological polar surface area (TPSA) is 52.8 Å². The Hall–Kier alpha value is -4.95. The average molecular weight is 509 g/mol. The third kappa shape index (κ3) is 4.97. The van der Waals surface area contributed by atoms with Crippen LogP contribution >= 0.6 is 0 Å². The minimum atomic E-state index is 0.715. The summed E-state index contributed by atoms with van der Waals surface area (Å²) in [5, 5.41) is 10.4. The lowest BCUT2D eigenvalue weighted by molar-refractivity contribution is 0.309. The Morgan fingerprint density at radius 3 is 2.33 bits per heavy atom. The van der Waals surface area contributed by atoms with Gasteiger partial charge >= 0.3 is 0 Å². The Balaban J connectivity index is 1.52. The number of aryl methyl sites for hydroxylation is 1. The molecule has 0 fully saturated rings. The van der Waals surface area contributed by atoms with Crippen molar-refractivity contribution in [3.63, 3.8) is 0 Å². The molecule has 4 aromatic carbocycles. The van der Waals surface area contributed by atoms with Crippen LogP contribution in [0.1, 0.15) is 25.3 Å². The van der Waals surface area contributed by atoms with Crippen LogP contribution in [0.25, 0.3) is 50.6 Å². The summed E-state index contributed by atoms with van der Waals surface area (Å²) in [5.74, 6) is 2.34. The molecular weight excluding hydrogens is 480 g/mol. The number of hydrogen-bond donors (Lipinski definition) is 0. The minimum absolute atomic E-state index is 0.715. The molecule has 0 aliphatic heterocycles. The number of ether oxygens (including phenoxy) is 1. The van der Waals surface area contributed by atoms with Gasteiger partial charge in [-0.05, 0) is 74.0 Å². The second kappa shape index (κ2) is 10.8. The van der Waals surface area contributed by atoms with Crippen LogP contribution in [0, 0.1) is 19.1 Å². The Bertz CT molecular complexity index is 1710. The van der Waals surface area contributed by atoms with Crippen LogP contribution in [0.2, 0.25) is 0 Å². The molecule has 2 aromatic heterocycles. The summed E-state index contributed by atoms with van der Waals surface area (Å²) in [6, 6.07) is 38.9. The molecule has 0 spiro atoms. The van der Waals surface area contributed by atoms with Gasteiger partial charge in [-0.15, -0.1) is 10.2 Å². The first-order valence-electron chi connectivity index (χ1n) is 13.3. The van der Waals surface area contributed by atoms with Crippen LogP contribution in [0.4, 0.5) is 0 Å². The predicted octanol–water partition coefficient (Wildman–Crippen LogP) is 7.90. The molecule has 0 atom stereocenters. The van der Waals surface area contributed by atoms with Gasteiger partial charge < -0.3 is 4.74 Å². The van der Waals surface area contributed by atoms with E-state index in [9.17, 15) is 0 Å². The molecule has 0 radical (unpaired) electrons. The first-order valence-corrected chi connectivity index (χ1v) is 13.3. The third-order valence-corrected chi connectivity index (χ3v) is 6.73. The normalized spacial score (nSPS) is 10.9. The van der Waals surface area contributed by atoms with Crippen molar-refractivity contribution in [3.8, 4) is 45.5 Å². The summed E-state index contributed by atoms with van der Waals surface area (Å²) in [6.07, 6.45) is 2.14. The van der Waals surface area contributed by atoms with E-state index >= 15 is 0 Å². The molecule has 0 saturated carbocycles. The van der Waals surface area contributed by atoms with Crippen molar-refractivity contribution in [2.24, 2.45) is 0 Å². The second-order valence-electron chi connectivity index (χ2n) is 9.53. The lowest BCUT2D eigenvalue weighted by atomic mass is 10.0. The SMILES string of the molecule is CCCCOc1ccc(-c2nnc(-c3cc(-c4ccc(C)cc4)nc4c#cccc34)n2-c2ccccc2)cc1. The van der Waals surface area contributed by atoms with Crippen LogP contribution in [-0.2, 0) is 0 Å². The molecule has 0 bridgehead atoms. The molecule has 39 heavy (non-hydrogen) atoms. The molecule has 6 rings (SSSR count). The molecule has 0 unspecified atom stereocenters. The number of fused-ring (bicyclic) bond motifs is 1. The van der Waals surface area contributed by atoms with Gasteiger partial charge in [-0.1, -0.05) is 67.4 Å². The van der Waals surface area contributed by atoms with Gasteiger partial charge in [-0.2, -0.15) is 0 Å². The summed E-state index contributed by atoms with van der Waals surface area (Å²) in [4.78, 5) is 4.91. The van der Waals surface area contributed by atoms with Crippen LogP contribution in [0.5, 0.6) is 5.75 Å². The number of benzene rings is 3. The highest BCUT2D eigenvalue weighted by molar-refractivity contribution is 5.95. The maximum atomic E-state index is 5.88. The number of rotatable bonds is 8.